The van der Waals surface area contributed by atoms with Crippen LogP contribution in [0.4, 0.5) is 0 Å². The molecular weight excluding hydrogens is 318 g/mol. The van der Waals surface area contributed by atoms with Crippen molar-refractivity contribution in [2.24, 2.45) is 0 Å². The molecule has 0 aliphatic carbocycles. The van der Waals surface area contributed by atoms with E-state index in [-0.39, 0.29) is 19.1 Å². The van der Waals surface area contributed by atoms with E-state index in [0.717, 1.165) is 10.8 Å². The predicted molar refractivity (Wildman–Crippen MR) is 95.5 cm³/mol. The standard InChI is InChI=1S/C20H21NO4/c1-20(23,12-18-7-4-10-24-18)14-21-19(22)13-25-17-9-8-15-5-2-3-6-16(15)11-17/h2-11,23H,12-14H2,1H3,(H,21,22). The predicted octanol–water partition coefficient (Wildman–Crippen LogP) is 2.92. The van der Waals surface area contributed by atoms with Gasteiger partial charge in [0.25, 0.3) is 5.91 Å². The number of carbonyl (C=O) groups excluding carboxylic acids is 1. The van der Waals surface area contributed by atoms with Crippen molar-refractivity contribution in [2.45, 2.75) is 18.9 Å². The van der Waals surface area contributed by atoms with Gasteiger partial charge in [0.1, 0.15) is 11.5 Å². The van der Waals surface area contributed by atoms with Crippen molar-refractivity contribution in [3.63, 3.8) is 0 Å². The van der Waals surface area contributed by atoms with Crippen LogP contribution in [0.1, 0.15) is 12.7 Å². The summed E-state index contributed by atoms with van der Waals surface area (Å²) in [4.78, 5) is 12.0. The fourth-order valence-electron chi connectivity index (χ4n) is 2.60. The minimum absolute atomic E-state index is 0.102. The second kappa shape index (κ2) is 7.40. The van der Waals surface area contributed by atoms with Crippen molar-refractivity contribution in [3.05, 3.63) is 66.6 Å². The van der Waals surface area contributed by atoms with Gasteiger partial charge >= 0.3 is 0 Å². The molecule has 0 spiro atoms. The Labute approximate surface area is 146 Å². The lowest BCUT2D eigenvalue weighted by Crippen LogP contribution is -2.43. The Bertz CT molecular complexity index is 840. The Morgan fingerprint density at radius 2 is 1.96 bits per heavy atom. The van der Waals surface area contributed by atoms with E-state index >= 15 is 0 Å². The third kappa shape index (κ3) is 4.84. The van der Waals surface area contributed by atoms with Gasteiger partial charge < -0.3 is 19.6 Å². The van der Waals surface area contributed by atoms with E-state index in [9.17, 15) is 9.90 Å². The molecule has 130 valence electrons. The monoisotopic (exact) mass is 339 g/mol. The van der Waals surface area contributed by atoms with E-state index in [1.165, 1.54) is 0 Å². The molecule has 0 bridgehead atoms. The van der Waals surface area contributed by atoms with E-state index in [1.54, 1.807) is 25.3 Å². The molecule has 1 unspecified atom stereocenters. The number of hydrogen-bond acceptors (Lipinski definition) is 4. The highest BCUT2D eigenvalue weighted by Crippen LogP contribution is 2.20. The van der Waals surface area contributed by atoms with Crippen LogP contribution in [-0.4, -0.2) is 29.8 Å². The van der Waals surface area contributed by atoms with Gasteiger partial charge in [0.05, 0.1) is 11.9 Å². The van der Waals surface area contributed by atoms with E-state index in [1.807, 2.05) is 42.5 Å². The molecule has 5 nitrogen and oxygen atoms in total. The van der Waals surface area contributed by atoms with Gasteiger partial charge in [0.2, 0.25) is 0 Å². The Morgan fingerprint density at radius 1 is 1.16 bits per heavy atom. The molecule has 0 fully saturated rings. The van der Waals surface area contributed by atoms with Crippen LogP contribution < -0.4 is 10.1 Å². The molecule has 0 saturated heterocycles. The van der Waals surface area contributed by atoms with Crippen LogP contribution in [0.2, 0.25) is 0 Å². The number of aliphatic hydroxyl groups is 1. The van der Waals surface area contributed by atoms with Gasteiger partial charge in [-0.25, -0.2) is 0 Å². The first-order chi connectivity index (χ1) is 12.0. The Morgan fingerprint density at radius 3 is 2.72 bits per heavy atom. The van der Waals surface area contributed by atoms with Crippen LogP contribution in [0.15, 0.2) is 65.3 Å². The van der Waals surface area contributed by atoms with Crippen molar-refractivity contribution in [3.8, 4) is 5.75 Å². The van der Waals surface area contributed by atoms with Crippen molar-refractivity contribution in [1.29, 1.82) is 0 Å². The number of furan rings is 1. The SMILES string of the molecule is CC(O)(CNC(=O)COc1ccc2ccccc2c1)Cc1ccco1. The lowest BCUT2D eigenvalue weighted by atomic mass is 10.0. The minimum Gasteiger partial charge on any atom is -0.484 e. The Kier molecular flexibility index (Phi) is 5.05. The number of nitrogens with one attached hydrogen (secondary N) is 1. The van der Waals surface area contributed by atoms with Gasteiger partial charge in [-0.2, -0.15) is 0 Å². The first-order valence-corrected chi connectivity index (χ1v) is 8.15. The fraction of sp³-hybridized carbons (Fsp3) is 0.250. The van der Waals surface area contributed by atoms with Crippen LogP contribution >= 0.6 is 0 Å². The van der Waals surface area contributed by atoms with Gasteiger partial charge in [-0.05, 0) is 42.0 Å². The summed E-state index contributed by atoms with van der Waals surface area (Å²) >= 11 is 0. The van der Waals surface area contributed by atoms with Crippen molar-refractivity contribution in [1.82, 2.24) is 5.32 Å². The summed E-state index contributed by atoms with van der Waals surface area (Å²) in [5.74, 6) is 1.02. The van der Waals surface area contributed by atoms with E-state index in [2.05, 4.69) is 5.32 Å². The molecule has 1 amide bonds. The molecule has 0 saturated carbocycles. The highest BCUT2D eigenvalue weighted by Gasteiger charge is 2.23. The van der Waals surface area contributed by atoms with Crippen LogP contribution in [0, 0.1) is 0 Å². The molecule has 1 atom stereocenters. The summed E-state index contributed by atoms with van der Waals surface area (Å²) in [5, 5.41) is 15.2. The van der Waals surface area contributed by atoms with Gasteiger partial charge in [-0.3, -0.25) is 4.79 Å². The van der Waals surface area contributed by atoms with Crippen LogP contribution in [-0.2, 0) is 11.2 Å². The van der Waals surface area contributed by atoms with Gasteiger partial charge in [0, 0.05) is 13.0 Å². The smallest absolute Gasteiger partial charge is 0.258 e. The summed E-state index contributed by atoms with van der Waals surface area (Å²) in [6.45, 7) is 1.67. The van der Waals surface area contributed by atoms with Gasteiger partial charge in [0.15, 0.2) is 6.61 Å². The van der Waals surface area contributed by atoms with Crippen molar-refractivity contribution in [2.75, 3.05) is 13.2 Å². The molecule has 1 aromatic heterocycles. The molecule has 0 aliphatic heterocycles. The maximum absolute atomic E-state index is 12.0. The van der Waals surface area contributed by atoms with Crippen molar-refractivity contribution >= 4 is 16.7 Å². The maximum Gasteiger partial charge on any atom is 0.258 e. The quantitative estimate of drug-likeness (QED) is 0.694. The zero-order valence-electron chi connectivity index (χ0n) is 14.1. The summed E-state index contributed by atoms with van der Waals surface area (Å²) in [6, 6.07) is 17.2. The lowest BCUT2D eigenvalue weighted by Gasteiger charge is -2.22. The summed E-state index contributed by atoms with van der Waals surface area (Å²) in [5.41, 5.74) is -1.09. The van der Waals surface area contributed by atoms with E-state index < -0.39 is 5.60 Å². The number of carbonyl (C=O) groups is 1. The minimum atomic E-state index is -1.09. The van der Waals surface area contributed by atoms with E-state index in [4.69, 9.17) is 9.15 Å². The zero-order valence-corrected chi connectivity index (χ0v) is 14.1. The molecule has 1 heterocycles. The topological polar surface area (TPSA) is 71.7 Å². The molecule has 0 aliphatic rings. The van der Waals surface area contributed by atoms with Crippen LogP contribution in [0.5, 0.6) is 5.75 Å². The second-order valence-electron chi connectivity index (χ2n) is 6.33. The third-order valence-corrected chi connectivity index (χ3v) is 3.89. The van der Waals surface area contributed by atoms with Crippen molar-refractivity contribution < 1.29 is 19.1 Å². The molecule has 25 heavy (non-hydrogen) atoms. The number of ether oxygens (including phenoxy) is 1. The Balaban J connectivity index is 1.48. The molecule has 3 rings (SSSR count). The first kappa shape index (κ1) is 17.0. The lowest BCUT2D eigenvalue weighted by molar-refractivity contribution is -0.124. The summed E-state index contributed by atoms with van der Waals surface area (Å²) in [7, 11) is 0. The normalized spacial score (nSPS) is 13.4. The molecule has 3 aromatic rings. The number of benzene rings is 2. The molecule has 0 radical (unpaired) electrons. The summed E-state index contributed by atoms with van der Waals surface area (Å²) < 4.78 is 10.8. The second-order valence-corrected chi connectivity index (χ2v) is 6.33. The molecule has 5 heteroatoms. The number of fused-ring (bicyclic) bond motifs is 1. The first-order valence-electron chi connectivity index (χ1n) is 8.15. The van der Waals surface area contributed by atoms with Crippen LogP contribution in [0.3, 0.4) is 0 Å². The fourth-order valence-corrected chi connectivity index (χ4v) is 2.60. The number of amides is 1. The largest absolute Gasteiger partial charge is 0.484 e. The maximum atomic E-state index is 12.0. The average Bonchev–Trinajstić information content (AvgIpc) is 3.10. The molecule has 2 N–H and O–H groups in total. The highest BCUT2D eigenvalue weighted by molar-refractivity contribution is 5.84. The molecular formula is C20H21NO4. The Hall–Kier alpha value is -2.79. The van der Waals surface area contributed by atoms with Gasteiger partial charge in [-0.1, -0.05) is 30.3 Å². The van der Waals surface area contributed by atoms with Gasteiger partial charge in [-0.15, -0.1) is 0 Å². The van der Waals surface area contributed by atoms with Crippen LogP contribution in [0.25, 0.3) is 10.8 Å². The molecule has 2 aromatic carbocycles. The zero-order chi connectivity index (χ0) is 17.7. The third-order valence-electron chi connectivity index (χ3n) is 3.89. The number of rotatable bonds is 7. The number of hydrogen-bond donors (Lipinski definition) is 2. The highest BCUT2D eigenvalue weighted by atomic mass is 16.5. The van der Waals surface area contributed by atoms with E-state index in [0.29, 0.717) is 17.9 Å². The summed E-state index contributed by atoms with van der Waals surface area (Å²) in [6.07, 6.45) is 1.88. The average molecular weight is 339 g/mol.